The molecular formula is C18H16FN3O6S2. The van der Waals surface area contributed by atoms with Gasteiger partial charge in [-0.25, -0.2) is 17.6 Å². The minimum absolute atomic E-state index is 0.146. The van der Waals surface area contributed by atoms with Crippen molar-refractivity contribution in [3.05, 3.63) is 46.6 Å². The summed E-state index contributed by atoms with van der Waals surface area (Å²) in [6.07, 6.45) is 0. The van der Waals surface area contributed by atoms with Crippen LogP contribution in [0.3, 0.4) is 0 Å². The number of halogens is 1. The maximum atomic E-state index is 14.1. The van der Waals surface area contributed by atoms with Gasteiger partial charge in [0, 0.05) is 13.1 Å². The van der Waals surface area contributed by atoms with Gasteiger partial charge in [0.1, 0.15) is 16.9 Å². The normalized spacial score (nSPS) is 14.7. The van der Waals surface area contributed by atoms with Gasteiger partial charge in [-0.3, -0.25) is 4.79 Å². The first-order valence-corrected chi connectivity index (χ1v) is 11.0. The van der Waals surface area contributed by atoms with E-state index in [9.17, 15) is 22.4 Å². The molecule has 9 nitrogen and oxygen atoms in total. The largest absolute Gasteiger partial charge is 0.452 e. The summed E-state index contributed by atoms with van der Waals surface area (Å²) in [4.78, 5) is 23.9. The van der Waals surface area contributed by atoms with Crippen molar-refractivity contribution in [3.8, 4) is 6.07 Å². The highest BCUT2D eigenvalue weighted by Gasteiger charge is 2.28. The zero-order chi connectivity index (χ0) is 21.7. The number of ether oxygens (including phenoxy) is 2. The summed E-state index contributed by atoms with van der Waals surface area (Å²) < 4.78 is 50.6. The number of amides is 1. The molecule has 1 aliphatic rings. The molecule has 0 spiro atoms. The second-order valence-corrected chi connectivity index (χ2v) is 8.91. The molecule has 1 amide bonds. The van der Waals surface area contributed by atoms with Crippen molar-refractivity contribution in [2.24, 2.45) is 0 Å². The SMILES string of the molecule is N#Cc1ccsc1NC(=O)COC(=O)c1cc(S(=O)(=O)N2CCOCC2)ccc1F. The minimum Gasteiger partial charge on any atom is -0.452 e. The van der Waals surface area contributed by atoms with Gasteiger partial charge in [0.15, 0.2) is 6.61 Å². The number of hydrogen-bond acceptors (Lipinski definition) is 8. The van der Waals surface area contributed by atoms with E-state index in [0.717, 1.165) is 29.5 Å². The Bertz CT molecular complexity index is 1100. The van der Waals surface area contributed by atoms with Gasteiger partial charge in [0.05, 0.1) is 29.2 Å². The van der Waals surface area contributed by atoms with E-state index in [1.165, 1.54) is 10.4 Å². The molecule has 3 rings (SSSR count). The van der Waals surface area contributed by atoms with E-state index >= 15 is 0 Å². The third-order valence-electron chi connectivity index (χ3n) is 4.14. The number of esters is 1. The Labute approximate surface area is 175 Å². The monoisotopic (exact) mass is 453 g/mol. The Morgan fingerprint density at radius 1 is 1.30 bits per heavy atom. The molecule has 1 aliphatic heterocycles. The molecule has 0 saturated carbocycles. The number of nitrogens with zero attached hydrogens (tertiary/aromatic N) is 2. The van der Waals surface area contributed by atoms with E-state index < -0.39 is 39.9 Å². The third kappa shape index (κ3) is 4.82. The molecule has 1 fully saturated rings. The Balaban J connectivity index is 1.69. The lowest BCUT2D eigenvalue weighted by atomic mass is 10.2. The number of nitrogens with one attached hydrogen (secondary N) is 1. The number of anilines is 1. The highest BCUT2D eigenvalue weighted by atomic mass is 32.2. The van der Waals surface area contributed by atoms with Crippen molar-refractivity contribution in [1.29, 1.82) is 5.26 Å². The lowest BCUT2D eigenvalue weighted by Crippen LogP contribution is -2.40. The number of carbonyl (C=O) groups is 2. The van der Waals surface area contributed by atoms with Crippen LogP contribution in [-0.2, 0) is 24.3 Å². The Morgan fingerprint density at radius 3 is 2.73 bits per heavy atom. The summed E-state index contributed by atoms with van der Waals surface area (Å²) >= 11 is 1.12. The molecule has 158 valence electrons. The van der Waals surface area contributed by atoms with Crippen LogP contribution in [0.4, 0.5) is 9.39 Å². The number of rotatable bonds is 6. The van der Waals surface area contributed by atoms with E-state index in [4.69, 9.17) is 14.7 Å². The first kappa shape index (κ1) is 21.8. The highest BCUT2D eigenvalue weighted by molar-refractivity contribution is 7.89. The summed E-state index contributed by atoms with van der Waals surface area (Å²) in [7, 11) is -3.94. The fraction of sp³-hybridized carbons (Fsp3) is 0.278. The Morgan fingerprint density at radius 2 is 2.03 bits per heavy atom. The van der Waals surface area contributed by atoms with Gasteiger partial charge in [-0.05, 0) is 29.6 Å². The van der Waals surface area contributed by atoms with E-state index in [1.54, 1.807) is 5.38 Å². The van der Waals surface area contributed by atoms with Crippen molar-refractivity contribution in [3.63, 3.8) is 0 Å². The Hall–Kier alpha value is -2.85. The van der Waals surface area contributed by atoms with Crippen LogP contribution < -0.4 is 5.32 Å². The molecule has 0 unspecified atom stereocenters. The third-order valence-corrected chi connectivity index (χ3v) is 6.86. The van der Waals surface area contributed by atoms with Gasteiger partial charge < -0.3 is 14.8 Å². The molecule has 2 heterocycles. The van der Waals surface area contributed by atoms with Gasteiger partial charge in [0.2, 0.25) is 10.0 Å². The van der Waals surface area contributed by atoms with E-state index in [-0.39, 0.29) is 36.8 Å². The summed E-state index contributed by atoms with van der Waals surface area (Å²) in [6.45, 7) is 0.0337. The lowest BCUT2D eigenvalue weighted by Gasteiger charge is -2.26. The first-order valence-electron chi connectivity index (χ1n) is 8.65. The number of benzene rings is 1. The standard InChI is InChI=1S/C18H16FN3O6S2/c19-15-2-1-13(30(25,26)22-4-6-27-7-5-22)9-14(15)18(24)28-11-16(23)21-17-12(10-20)3-8-29-17/h1-3,8-9H,4-7,11H2,(H,21,23). The quantitative estimate of drug-likeness (QED) is 0.658. The van der Waals surface area contributed by atoms with Crippen LogP contribution in [0.15, 0.2) is 34.5 Å². The van der Waals surface area contributed by atoms with E-state index in [0.29, 0.717) is 5.00 Å². The zero-order valence-corrected chi connectivity index (χ0v) is 17.1. The maximum absolute atomic E-state index is 14.1. The van der Waals surface area contributed by atoms with Crippen molar-refractivity contribution >= 4 is 38.2 Å². The fourth-order valence-electron chi connectivity index (χ4n) is 2.62. The molecular weight excluding hydrogens is 437 g/mol. The van der Waals surface area contributed by atoms with Crippen LogP contribution in [0.25, 0.3) is 0 Å². The van der Waals surface area contributed by atoms with E-state index in [1.807, 2.05) is 6.07 Å². The molecule has 12 heteroatoms. The molecule has 0 aliphatic carbocycles. The predicted octanol–water partition coefficient (Wildman–Crippen LogP) is 1.58. The summed E-state index contributed by atoms with van der Waals surface area (Å²) in [6, 6.07) is 6.21. The molecule has 1 N–H and O–H groups in total. The van der Waals surface area contributed by atoms with Crippen molar-refractivity contribution in [2.45, 2.75) is 4.90 Å². The average molecular weight is 453 g/mol. The Kier molecular flexibility index (Phi) is 6.78. The number of sulfonamides is 1. The second kappa shape index (κ2) is 9.31. The minimum atomic E-state index is -3.94. The van der Waals surface area contributed by atoms with Crippen molar-refractivity contribution < 1.29 is 31.9 Å². The molecule has 0 bridgehead atoms. The van der Waals surface area contributed by atoms with Crippen LogP contribution in [0, 0.1) is 17.1 Å². The lowest BCUT2D eigenvalue weighted by molar-refractivity contribution is -0.119. The van der Waals surface area contributed by atoms with Crippen LogP contribution in [0.2, 0.25) is 0 Å². The molecule has 1 saturated heterocycles. The maximum Gasteiger partial charge on any atom is 0.341 e. The first-order chi connectivity index (χ1) is 14.3. The topological polar surface area (TPSA) is 126 Å². The second-order valence-electron chi connectivity index (χ2n) is 6.06. The summed E-state index contributed by atoms with van der Waals surface area (Å²) in [5.41, 5.74) is -0.349. The molecule has 0 radical (unpaired) electrons. The number of morpholine rings is 1. The van der Waals surface area contributed by atoms with Crippen LogP contribution >= 0.6 is 11.3 Å². The van der Waals surface area contributed by atoms with Gasteiger partial charge in [-0.1, -0.05) is 0 Å². The highest BCUT2D eigenvalue weighted by Crippen LogP contribution is 2.23. The molecule has 30 heavy (non-hydrogen) atoms. The number of thiophene rings is 1. The van der Waals surface area contributed by atoms with Crippen LogP contribution in [-0.4, -0.2) is 57.5 Å². The predicted molar refractivity (Wildman–Crippen MR) is 104 cm³/mol. The van der Waals surface area contributed by atoms with Gasteiger partial charge in [-0.2, -0.15) is 9.57 Å². The smallest absolute Gasteiger partial charge is 0.341 e. The molecule has 1 aromatic carbocycles. The number of hydrogen-bond donors (Lipinski definition) is 1. The molecule has 2 aromatic rings. The fourth-order valence-corrected chi connectivity index (χ4v) is 4.81. The van der Waals surface area contributed by atoms with Gasteiger partial charge in [-0.15, -0.1) is 11.3 Å². The number of carbonyl (C=O) groups excluding carboxylic acids is 2. The molecule has 1 aromatic heterocycles. The number of nitriles is 1. The van der Waals surface area contributed by atoms with Gasteiger partial charge in [0.25, 0.3) is 5.91 Å². The van der Waals surface area contributed by atoms with Gasteiger partial charge >= 0.3 is 5.97 Å². The van der Waals surface area contributed by atoms with Crippen LogP contribution in [0.1, 0.15) is 15.9 Å². The molecule has 0 atom stereocenters. The van der Waals surface area contributed by atoms with Crippen molar-refractivity contribution in [2.75, 3.05) is 38.2 Å². The summed E-state index contributed by atoms with van der Waals surface area (Å²) in [5.74, 6) is -2.89. The zero-order valence-electron chi connectivity index (χ0n) is 15.5. The summed E-state index contributed by atoms with van der Waals surface area (Å²) in [5, 5.41) is 13.2. The van der Waals surface area contributed by atoms with Crippen LogP contribution in [0.5, 0.6) is 0 Å². The average Bonchev–Trinajstić information content (AvgIpc) is 3.19. The van der Waals surface area contributed by atoms with Crippen molar-refractivity contribution in [1.82, 2.24) is 4.31 Å². The van der Waals surface area contributed by atoms with E-state index in [2.05, 4.69) is 5.32 Å².